The van der Waals surface area contributed by atoms with E-state index in [4.69, 9.17) is 0 Å². The van der Waals surface area contributed by atoms with Crippen LogP contribution in [0, 0.1) is 0 Å². The zero-order chi connectivity index (χ0) is 15.4. The Morgan fingerprint density at radius 3 is 2.30 bits per heavy atom. The molecule has 0 aliphatic rings. The molecule has 1 N–H and O–H groups in total. The largest absolute Gasteiger partial charge is 0.352 e. The Hall–Kier alpha value is -1.94. The normalized spacial score (nSPS) is 9.40. The molecule has 0 spiro atoms. The van der Waals surface area contributed by atoms with E-state index < -0.39 is 0 Å². The Labute approximate surface area is 122 Å². The van der Waals surface area contributed by atoms with Crippen LogP contribution in [0.15, 0.2) is 49.3 Å². The van der Waals surface area contributed by atoms with Gasteiger partial charge in [-0.1, -0.05) is 12.6 Å². The van der Waals surface area contributed by atoms with Crippen LogP contribution in [-0.2, 0) is 4.79 Å². The van der Waals surface area contributed by atoms with E-state index in [1.165, 1.54) is 0 Å². The van der Waals surface area contributed by atoms with E-state index >= 15 is 0 Å². The van der Waals surface area contributed by atoms with E-state index in [1.54, 1.807) is 13.1 Å². The minimum Gasteiger partial charge on any atom is -0.352 e. The number of amides is 1. The van der Waals surface area contributed by atoms with E-state index in [0.29, 0.717) is 5.57 Å². The third-order valence-corrected chi connectivity index (χ3v) is 2.40. The number of nitrogens with zero attached hydrogens (tertiary/aromatic N) is 2. The van der Waals surface area contributed by atoms with Gasteiger partial charge in [-0.15, -0.1) is 0 Å². The molecule has 0 aromatic carbocycles. The van der Waals surface area contributed by atoms with Crippen LogP contribution in [0.5, 0.6) is 0 Å². The second-order valence-corrected chi connectivity index (χ2v) is 4.70. The van der Waals surface area contributed by atoms with Gasteiger partial charge in [0.15, 0.2) is 18.6 Å². The van der Waals surface area contributed by atoms with Gasteiger partial charge in [-0.25, -0.2) is 0 Å². The number of carbonyl (C=O) groups excluding carboxylic acids is 1. The summed E-state index contributed by atoms with van der Waals surface area (Å²) in [5.41, 5.74) is 0.569. The molecular weight excluding hydrogens is 250 g/mol. The summed E-state index contributed by atoms with van der Waals surface area (Å²) in [6.07, 6.45) is 6.60. The van der Waals surface area contributed by atoms with Gasteiger partial charge in [0, 0.05) is 24.3 Å². The van der Waals surface area contributed by atoms with Gasteiger partial charge in [0.25, 0.3) is 0 Å². The third kappa shape index (κ3) is 10.0. The summed E-state index contributed by atoms with van der Waals surface area (Å²) in [5.74, 6) is -0.0474. The maximum atomic E-state index is 11.0. The van der Waals surface area contributed by atoms with E-state index in [9.17, 15) is 4.79 Å². The molecule has 1 heterocycles. The Bertz CT molecular complexity index is 413. The first-order valence-electron chi connectivity index (χ1n) is 6.64. The molecule has 1 amide bonds. The predicted octanol–water partition coefficient (Wildman–Crippen LogP) is 1.71. The second-order valence-electron chi connectivity index (χ2n) is 4.70. The van der Waals surface area contributed by atoms with Gasteiger partial charge in [-0.2, -0.15) is 4.57 Å². The Kier molecular flexibility index (Phi) is 9.87. The van der Waals surface area contributed by atoms with E-state index in [1.807, 2.05) is 49.3 Å². The highest BCUT2D eigenvalue weighted by molar-refractivity contribution is 5.91. The van der Waals surface area contributed by atoms with Crippen molar-refractivity contribution in [3.05, 3.63) is 49.3 Å². The zero-order valence-corrected chi connectivity index (χ0v) is 12.8. The Morgan fingerprint density at radius 2 is 1.90 bits per heavy atom. The van der Waals surface area contributed by atoms with Crippen molar-refractivity contribution in [2.45, 2.75) is 13.3 Å². The minimum absolute atomic E-state index is 0.0474. The standard InChI is InChI=1S/C9H18N2O.C7H8N/c1-8(2)9(12)10-6-5-7-11(3)4;1-2-8-6-4-3-5-7-8/h1,5-7H2,2-4H3,(H,10,12);2-7H,1H2/q;+1. The smallest absolute Gasteiger partial charge is 0.246 e. The van der Waals surface area contributed by atoms with Gasteiger partial charge in [-0.3, -0.25) is 4.79 Å². The molecule has 1 aromatic rings. The summed E-state index contributed by atoms with van der Waals surface area (Å²) in [6, 6.07) is 5.89. The fraction of sp³-hybridized carbons (Fsp3) is 0.375. The fourth-order valence-electron chi connectivity index (χ4n) is 1.28. The number of rotatable bonds is 6. The van der Waals surface area contributed by atoms with Crippen LogP contribution in [0.25, 0.3) is 6.20 Å². The second kappa shape index (κ2) is 10.9. The monoisotopic (exact) mass is 276 g/mol. The summed E-state index contributed by atoms with van der Waals surface area (Å²) in [7, 11) is 4.03. The number of nitrogens with one attached hydrogen (secondary N) is 1. The van der Waals surface area contributed by atoms with Crippen LogP contribution in [0.2, 0.25) is 0 Å². The quantitative estimate of drug-likeness (QED) is 0.488. The first kappa shape index (κ1) is 18.1. The van der Waals surface area contributed by atoms with Crippen molar-refractivity contribution < 1.29 is 9.36 Å². The SMILES string of the molecule is C=C(C)C(=O)NCCCN(C)C.C=C[n+]1ccccc1. The molecule has 0 bridgehead atoms. The Morgan fingerprint density at radius 1 is 1.30 bits per heavy atom. The summed E-state index contributed by atoms with van der Waals surface area (Å²) in [4.78, 5) is 13.1. The first-order chi connectivity index (χ1) is 9.47. The van der Waals surface area contributed by atoms with E-state index in [2.05, 4.69) is 23.4 Å². The molecular formula is C16H26N3O+. The zero-order valence-electron chi connectivity index (χ0n) is 12.8. The van der Waals surface area contributed by atoms with Gasteiger partial charge in [0.2, 0.25) is 5.91 Å². The van der Waals surface area contributed by atoms with Crippen LogP contribution >= 0.6 is 0 Å². The van der Waals surface area contributed by atoms with Gasteiger partial charge in [-0.05, 0) is 40.6 Å². The molecule has 1 aromatic heterocycles. The minimum atomic E-state index is -0.0474. The lowest BCUT2D eigenvalue weighted by Gasteiger charge is -2.09. The summed E-state index contributed by atoms with van der Waals surface area (Å²) >= 11 is 0. The first-order valence-corrected chi connectivity index (χ1v) is 6.64. The predicted molar refractivity (Wildman–Crippen MR) is 84.0 cm³/mol. The summed E-state index contributed by atoms with van der Waals surface area (Å²) in [5, 5.41) is 2.77. The van der Waals surface area contributed by atoms with Crippen molar-refractivity contribution in [3.63, 3.8) is 0 Å². The number of carbonyl (C=O) groups is 1. The van der Waals surface area contributed by atoms with Crippen LogP contribution in [0.1, 0.15) is 13.3 Å². The highest BCUT2D eigenvalue weighted by Gasteiger charge is 1.99. The van der Waals surface area contributed by atoms with Crippen molar-refractivity contribution in [2.75, 3.05) is 27.2 Å². The highest BCUT2D eigenvalue weighted by Crippen LogP contribution is 1.86. The molecule has 0 atom stereocenters. The van der Waals surface area contributed by atoms with Crippen molar-refractivity contribution >= 4 is 12.1 Å². The van der Waals surface area contributed by atoms with Crippen molar-refractivity contribution in [1.82, 2.24) is 10.2 Å². The van der Waals surface area contributed by atoms with Crippen LogP contribution < -0.4 is 9.88 Å². The average Bonchev–Trinajstić information content (AvgIpc) is 2.44. The molecule has 20 heavy (non-hydrogen) atoms. The lowest BCUT2D eigenvalue weighted by atomic mass is 10.3. The van der Waals surface area contributed by atoms with Crippen molar-refractivity contribution in [2.24, 2.45) is 0 Å². The molecule has 0 fully saturated rings. The van der Waals surface area contributed by atoms with Crippen LogP contribution in [0.4, 0.5) is 0 Å². The Balaban J connectivity index is 0.000000388. The lowest BCUT2D eigenvalue weighted by molar-refractivity contribution is -0.567. The topological polar surface area (TPSA) is 36.2 Å². The van der Waals surface area contributed by atoms with E-state index in [0.717, 1.165) is 19.5 Å². The molecule has 0 radical (unpaired) electrons. The van der Waals surface area contributed by atoms with Gasteiger partial charge < -0.3 is 10.2 Å². The van der Waals surface area contributed by atoms with Gasteiger partial charge in [0.1, 0.15) is 0 Å². The number of hydrogen-bond acceptors (Lipinski definition) is 2. The number of aromatic nitrogens is 1. The molecule has 4 heteroatoms. The molecule has 0 aliphatic carbocycles. The summed E-state index contributed by atoms with van der Waals surface area (Å²) < 4.78 is 1.89. The maximum Gasteiger partial charge on any atom is 0.246 e. The lowest BCUT2D eigenvalue weighted by Crippen LogP contribution is -2.27. The van der Waals surface area contributed by atoms with Gasteiger partial charge in [0.05, 0.1) is 0 Å². The third-order valence-electron chi connectivity index (χ3n) is 2.40. The summed E-state index contributed by atoms with van der Waals surface area (Å²) in [6.45, 7) is 10.6. The molecule has 0 saturated carbocycles. The van der Waals surface area contributed by atoms with Crippen molar-refractivity contribution in [1.29, 1.82) is 0 Å². The fourth-order valence-corrected chi connectivity index (χ4v) is 1.28. The molecule has 110 valence electrons. The highest BCUT2D eigenvalue weighted by atomic mass is 16.1. The van der Waals surface area contributed by atoms with Crippen LogP contribution in [0.3, 0.4) is 0 Å². The number of hydrogen-bond donors (Lipinski definition) is 1. The molecule has 0 unspecified atom stereocenters. The number of pyridine rings is 1. The molecule has 1 rings (SSSR count). The van der Waals surface area contributed by atoms with Gasteiger partial charge >= 0.3 is 0 Å². The van der Waals surface area contributed by atoms with Crippen LogP contribution in [-0.4, -0.2) is 38.0 Å². The van der Waals surface area contributed by atoms with E-state index in [-0.39, 0.29) is 5.91 Å². The molecule has 0 saturated heterocycles. The molecule has 4 nitrogen and oxygen atoms in total. The maximum absolute atomic E-state index is 11.0. The van der Waals surface area contributed by atoms with Crippen molar-refractivity contribution in [3.8, 4) is 0 Å². The molecule has 0 aliphatic heterocycles. The average molecular weight is 276 g/mol.